The van der Waals surface area contributed by atoms with Gasteiger partial charge in [0.25, 0.3) is 0 Å². The Bertz CT molecular complexity index is 761. The summed E-state index contributed by atoms with van der Waals surface area (Å²) in [4.78, 5) is 0. The molecule has 1 N–H and O–H groups in total. The summed E-state index contributed by atoms with van der Waals surface area (Å²) < 4.78 is 5.53. The van der Waals surface area contributed by atoms with E-state index in [0.29, 0.717) is 0 Å². The first-order valence-electron chi connectivity index (χ1n) is 7.10. The molecule has 0 saturated heterocycles. The van der Waals surface area contributed by atoms with Crippen molar-refractivity contribution in [2.45, 2.75) is 0 Å². The van der Waals surface area contributed by atoms with E-state index in [0.717, 1.165) is 22.5 Å². The van der Waals surface area contributed by atoms with E-state index in [1.165, 1.54) is 0 Å². The number of rotatable bonds is 2. The zero-order valence-electron chi connectivity index (χ0n) is 12.4. The maximum Gasteiger partial charge on any atom is 0.115 e. The largest absolute Gasteiger partial charge is 0.748 e. The van der Waals surface area contributed by atoms with E-state index in [9.17, 15) is 5.11 Å². The van der Waals surface area contributed by atoms with Gasteiger partial charge in [0, 0.05) is 17.1 Å². The molecule has 0 aliphatic carbocycles. The molecule has 2 nitrogen and oxygen atoms in total. The van der Waals surface area contributed by atoms with Crippen molar-refractivity contribution in [2.75, 3.05) is 0 Å². The number of aromatic hydroxyl groups is 1. The van der Waals surface area contributed by atoms with Gasteiger partial charge in [0.15, 0.2) is 0 Å². The van der Waals surface area contributed by atoms with E-state index < -0.39 is 0 Å². The van der Waals surface area contributed by atoms with Crippen LogP contribution in [0.25, 0.3) is 22.5 Å². The molecule has 4 rings (SSSR count). The van der Waals surface area contributed by atoms with Crippen LogP contribution >= 0.6 is 0 Å². The summed E-state index contributed by atoms with van der Waals surface area (Å²) in [6, 6.07) is 27.1. The van der Waals surface area contributed by atoms with Crippen LogP contribution in [0.15, 0.2) is 95.6 Å². The summed E-state index contributed by atoms with van der Waals surface area (Å²) in [7, 11) is 0. The number of furan rings is 1. The van der Waals surface area contributed by atoms with E-state index in [2.05, 4.69) is 0 Å². The zero-order valence-corrected chi connectivity index (χ0v) is 13.5. The van der Waals surface area contributed by atoms with Gasteiger partial charge in [-0.2, -0.15) is 12.1 Å². The van der Waals surface area contributed by atoms with Crippen molar-refractivity contribution in [3.63, 3.8) is 0 Å². The average Bonchev–Trinajstić information content (AvgIpc) is 3.30. The molecule has 0 unspecified atom stereocenters. The summed E-state index contributed by atoms with van der Waals surface area (Å²) in [5, 5.41) is 9.28. The molecule has 1 aromatic heterocycles. The van der Waals surface area contributed by atoms with Gasteiger partial charge in [-0.15, -0.1) is 12.1 Å². The summed E-state index contributed by atoms with van der Waals surface area (Å²) in [5.41, 5.74) is 3.14. The zero-order chi connectivity index (χ0) is 15.2. The fourth-order valence-electron chi connectivity index (χ4n) is 2.25. The monoisotopic (exact) mass is 344 g/mol. The number of hydrogen-bond acceptors (Lipinski definition) is 2. The molecule has 3 aromatic carbocycles. The predicted octanol–water partition coefficient (Wildman–Crippen LogP) is 5.44. The van der Waals surface area contributed by atoms with E-state index in [4.69, 9.17) is 4.42 Å². The minimum atomic E-state index is 0. The second kappa shape index (κ2) is 8.23. The fourth-order valence-corrected chi connectivity index (χ4v) is 2.25. The smallest absolute Gasteiger partial charge is 0.115 e. The van der Waals surface area contributed by atoms with Gasteiger partial charge in [-0.25, -0.2) is 0 Å². The molecule has 0 amide bonds. The van der Waals surface area contributed by atoms with Crippen molar-refractivity contribution in [1.82, 2.24) is 0 Å². The Labute approximate surface area is 146 Å². The molecule has 0 spiro atoms. The van der Waals surface area contributed by atoms with Gasteiger partial charge in [-0.1, -0.05) is 29.3 Å². The first kappa shape index (κ1) is 16.9. The molecule has 0 fully saturated rings. The van der Waals surface area contributed by atoms with Crippen LogP contribution in [0.4, 0.5) is 0 Å². The van der Waals surface area contributed by atoms with Gasteiger partial charge in [-0.3, -0.25) is 0 Å². The standard InChI is InChI=1S/C15H11O2.C5H5.Fe/c16-13-7-5-11(6-8-13)14-9-10-17-15(14)12-3-1-2-4-12;1-2-4-5-3-1;/h1-10,16H;1-5H;/q-1;-5;. The van der Waals surface area contributed by atoms with Crippen molar-refractivity contribution in [3.05, 3.63) is 91.2 Å². The summed E-state index contributed by atoms with van der Waals surface area (Å²) >= 11 is 0. The Morgan fingerprint density at radius 3 is 1.96 bits per heavy atom. The van der Waals surface area contributed by atoms with Crippen LogP contribution in [0.5, 0.6) is 5.75 Å². The van der Waals surface area contributed by atoms with E-state index >= 15 is 0 Å². The number of phenols is 1. The quantitative estimate of drug-likeness (QED) is 0.388. The first-order chi connectivity index (χ1) is 10.8. The third kappa shape index (κ3) is 4.26. The third-order valence-electron chi connectivity index (χ3n) is 3.32. The Kier molecular flexibility index (Phi) is 6.04. The van der Waals surface area contributed by atoms with Gasteiger partial charge < -0.3 is 39.9 Å². The number of phenolic OH excluding ortho intramolecular Hbond substituents is 1. The fraction of sp³-hybridized carbons (Fsp3) is 0. The molecule has 23 heavy (non-hydrogen) atoms. The SMILES string of the molecule is Oc1ccc(-c2ccoc2-[c-]2cccc2)cc1.[Fe].[cH-]1[cH-][cH-][cH-][cH-]1. The van der Waals surface area contributed by atoms with Crippen LogP contribution in [0, 0.1) is 0 Å². The number of benzene rings is 1. The molecule has 3 heteroatoms. The van der Waals surface area contributed by atoms with Crippen LogP contribution in [0.1, 0.15) is 0 Å². The van der Waals surface area contributed by atoms with Gasteiger partial charge in [0.05, 0.1) is 12.0 Å². The topological polar surface area (TPSA) is 33.4 Å². The summed E-state index contributed by atoms with van der Waals surface area (Å²) in [5.74, 6) is 1.13. The minimum absolute atomic E-state index is 0. The van der Waals surface area contributed by atoms with Crippen LogP contribution in [-0.4, -0.2) is 5.11 Å². The Morgan fingerprint density at radius 1 is 0.826 bits per heavy atom. The molecule has 0 bridgehead atoms. The van der Waals surface area contributed by atoms with Gasteiger partial charge in [0.2, 0.25) is 0 Å². The van der Waals surface area contributed by atoms with Gasteiger partial charge in [0.1, 0.15) is 5.75 Å². The second-order valence-corrected chi connectivity index (χ2v) is 4.85. The van der Waals surface area contributed by atoms with Crippen molar-refractivity contribution in [2.24, 2.45) is 0 Å². The molecule has 0 aliphatic rings. The van der Waals surface area contributed by atoms with Crippen LogP contribution in [0.3, 0.4) is 0 Å². The Balaban J connectivity index is 0.000000276. The molecule has 122 valence electrons. The first-order valence-corrected chi connectivity index (χ1v) is 7.10. The van der Waals surface area contributed by atoms with Crippen LogP contribution in [-0.2, 0) is 17.1 Å². The maximum atomic E-state index is 9.28. The van der Waals surface area contributed by atoms with E-state index in [-0.39, 0.29) is 22.8 Å². The van der Waals surface area contributed by atoms with Gasteiger partial charge >= 0.3 is 0 Å². The van der Waals surface area contributed by atoms with Crippen molar-refractivity contribution < 1.29 is 26.6 Å². The minimum Gasteiger partial charge on any atom is -0.748 e. The molecule has 0 aliphatic heterocycles. The van der Waals surface area contributed by atoms with Crippen molar-refractivity contribution in [3.8, 4) is 28.2 Å². The normalized spacial score (nSPS) is 9.57. The van der Waals surface area contributed by atoms with E-state index in [1.807, 2.05) is 72.8 Å². The molecule has 1 heterocycles. The molecule has 0 atom stereocenters. The molecule has 4 aromatic rings. The number of hydrogen-bond donors (Lipinski definition) is 1. The van der Waals surface area contributed by atoms with Crippen molar-refractivity contribution in [1.29, 1.82) is 0 Å². The third-order valence-corrected chi connectivity index (χ3v) is 3.32. The summed E-state index contributed by atoms with van der Waals surface area (Å²) in [6.45, 7) is 0. The van der Waals surface area contributed by atoms with Gasteiger partial charge in [-0.05, 0) is 17.7 Å². The molecular formula is C20H16FeO2-6. The Morgan fingerprint density at radius 2 is 1.39 bits per heavy atom. The average molecular weight is 344 g/mol. The van der Waals surface area contributed by atoms with Crippen LogP contribution < -0.4 is 0 Å². The van der Waals surface area contributed by atoms with Crippen molar-refractivity contribution >= 4 is 0 Å². The second-order valence-electron chi connectivity index (χ2n) is 4.85. The van der Waals surface area contributed by atoms with E-state index in [1.54, 1.807) is 18.4 Å². The molecule has 0 radical (unpaired) electrons. The summed E-state index contributed by atoms with van der Waals surface area (Å²) in [6.07, 6.45) is 1.69. The Hall–Kier alpha value is -2.48. The molecule has 0 saturated carbocycles. The maximum absolute atomic E-state index is 9.28. The predicted molar refractivity (Wildman–Crippen MR) is 88.9 cm³/mol. The molecular weight excluding hydrogens is 328 g/mol. The van der Waals surface area contributed by atoms with Crippen LogP contribution in [0.2, 0.25) is 0 Å².